The predicted molar refractivity (Wildman–Crippen MR) is 63.8 cm³/mol. The summed E-state index contributed by atoms with van der Waals surface area (Å²) >= 11 is 0. The molecule has 98 valence electrons. The SMILES string of the molecule is CCC1COCC(CNC2CC(=O)OC2C)N1. The van der Waals surface area contributed by atoms with Gasteiger partial charge in [-0.2, -0.15) is 0 Å². The average molecular weight is 242 g/mol. The van der Waals surface area contributed by atoms with Crippen LogP contribution in [0.2, 0.25) is 0 Å². The van der Waals surface area contributed by atoms with Crippen molar-refractivity contribution in [3.8, 4) is 0 Å². The number of hydrogen-bond donors (Lipinski definition) is 2. The second-order valence-corrected chi connectivity index (χ2v) is 4.92. The molecular weight excluding hydrogens is 220 g/mol. The molecule has 0 aromatic rings. The fourth-order valence-electron chi connectivity index (χ4n) is 2.35. The van der Waals surface area contributed by atoms with Crippen molar-refractivity contribution in [2.75, 3.05) is 19.8 Å². The summed E-state index contributed by atoms with van der Waals surface area (Å²) in [7, 11) is 0. The number of rotatable bonds is 4. The lowest BCUT2D eigenvalue weighted by Gasteiger charge is -2.31. The molecule has 17 heavy (non-hydrogen) atoms. The number of hydrogen-bond acceptors (Lipinski definition) is 5. The Bertz CT molecular complexity index is 272. The average Bonchev–Trinajstić information content (AvgIpc) is 2.65. The molecule has 2 heterocycles. The van der Waals surface area contributed by atoms with Crippen LogP contribution >= 0.6 is 0 Å². The van der Waals surface area contributed by atoms with Crippen LogP contribution in [-0.4, -0.2) is 50.0 Å². The number of esters is 1. The Hall–Kier alpha value is -0.650. The zero-order chi connectivity index (χ0) is 12.3. The molecule has 0 aromatic carbocycles. The molecule has 0 spiro atoms. The molecular formula is C12H22N2O3. The van der Waals surface area contributed by atoms with Crippen molar-refractivity contribution < 1.29 is 14.3 Å². The first-order chi connectivity index (χ1) is 8.19. The van der Waals surface area contributed by atoms with Gasteiger partial charge in [0.25, 0.3) is 0 Å². The highest BCUT2D eigenvalue weighted by Gasteiger charge is 2.31. The van der Waals surface area contributed by atoms with E-state index >= 15 is 0 Å². The van der Waals surface area contributed by atoms with Gasteiger partial charge in [0, 0.05) is 18.6 Å². The summed E-state index contributed by atoms with van der Waals surface area (Å²) in [5, 5.41) is 6.93. The third-order valence-corrected chi connectivity index (χ3v) is 3.50. The third kappa shape index (κ3) is 3.40. The summed E-state index contributed by atoms with van der Waals surface area (Å²) in [5.74, 6) is -0.103. The molecule has 5 nitrogen and oxygen atoms in total. The van der Waals surface area contributed by atoms with E-state index in [-0.39, 0.29) is 18.1 Å². The van der Waals surface area contributed by atoms with E-state index in [4.69, 9.17) is 9.47 Å². The molecule has 0 saturated carbocycles. The fourth-order valence-corrected chi connectivity index (χ4v) is 2.35. The van der Waals surface area contributed by atoms with E-state index in [0.29, 0.717) is 18.5 Å². The van der Waals surface area contributed by atoms with E-state index in [0.717, 1.165) is 26.2 Å². The van der Waals surface area contributed by atoms with E-state index in [1.807, 2.05) is 6.92 Å². The highest BCUT2D eigenvalue weighted by atomic mass is 16.6. The maximum Gasteiger partial charge on any atom is 0.307 e. The normalized spacial score (nSPS) is 38.1. The Balaban J connectivity index is 1.72. The molecule has 0 bridgehead atoms. The summed E-state index contributed by atoms with van der Waals surface area (Å²) in [4.78, 5) is 11.1. The number of nitrogens with one attached hydrogen (secondary N) is 2. The van der Waals surface area contributed by atoms with Gasteiger partial charge in [0.2, 0.25) is 0 Å². The van der Waals surface area contributed by atoms with Crippen LogP contribution in [0.5, 0.6) is 0 Å². The molecule has 0 amide bonds. The van der Waals surface area contributed by atoms with Gasteiger partial charge >= 0.3 is 5.97 Å². The second-order valence-electron chi connectivity index (χ2n) is 4.92. The molecule has 0 radical (unpaired) electrons. The molecule has 2 N–H and O–H groups in total. The first kappa shape index (κ1) is 12.8. The zero-order valence-electron chi connectivity index (χ0n) is 10.6. The molecule has 4 atom stereocenters. The van der Waals surface area contributed by atoms with Crippen LogP contribution < -0.4 is 10.6 Å². The standard InChI is InChI=1S/C12H22N2O3/c1-3-9-6-16-7-10(14-9)5-13-11-4-12(15)17-8(11)2/h8-11,13-14H,3-7H2,1-2H3. The molecule has 2 fully saturated rings. The Morgan fingerprint density at radius 2 is 2.18 bits per heavy atom. The first-order valence-corrected chi connectivity index (χ1v) is 6.45. The Labute approximate surface area is 102 Å². The zero-order valence-corrected chi connectivity index (χ0v) is 10.6. The van der Waals surface area contributed by atoms with E-state index < -0.39 is 0 Å². The molecule has 0 aromatic heterocycles. The number of ether oxygens (including phenoxy) is 2. The van der Waals surface area contributed by atoms with E-state index in [2.05, 4.69) is 17.6 Å². The van der Waals surface area contributed by atoms with E-state index in [9.17, 15) is 4.79 Å². The second kappa shape index (κ2) is 5.80. The van der Waals surface area contributed by atoms with Crippen LogP contribution in [0.4, 0.5) is 0 Å². The van der Waals surface area contributed by atoms with Crippen molar-refractivity contribution in [2.45, 2.75) is 50.9 Å². The molecule has 2 aliphatic rings. The minimum atomic E-state index is -0.103. The third-order valence-electron chi connectivity index (χ3n) is 3.50. The lowest BCUT2D eigenvalue weighted by Crippen LogP contribution is -2.54. The number of cyclic esters (lactones) is 1. The smallest absolute Gasteiger partial charge is 0.307 e. The first-order valence-electron chi connectivity index (χ1n) is 6.45. The Kier molecular flexibility index (Phi) is 4.36. The van der Waals surface area contributed by atoms with Crippen LogP contribution in [0.3, 0.4) is 0 Å². The minimum absolute atomic E-state index is 0.0195. The largest absolute Gasteiger partial charge is 0.461 e. The van der Waals surface area contributed by atoms with Crippen molar-refractivity contribution >= 4 is 5.97 Å². The highest BCUT2D eigenvalue weighted by Crippen LogP contribution is 2.14. The van der Waals surface area contributed by atoms with Crippen LogP contribution in [0.1, 0.15) is 26.7 Å². The van der Waals surface area contributed by atoms with Crippen molar-refractivity contribution in [3.63, 3.8) is 0 Å². The van der Waals surface area contributed by atoms with Gasteiger partial charge in [-0.3, -0.25) is 4.79 Å². The van der Waals surface area contributed by atoms with Gasteiger partial charge < -0.3 is 20.1 Å². The monoisotopic (exact) mass is 242 g/mol. The molecule has 0 aliphatic carbocycles. The quantitative estimate of drug-likeness (QED) is 0.682. The maximum absolute atomic E-state index is 11.1. The maximum atomic E-state index is 11.1. The van der Waals surface area contributed by atoms with Crippen LogP contribution in [0.25, 0.3) is 0 Å². The summed E-state index contributed by atoms with van der Waals surface area (Å²) in [5.41, 5.74) is 0. The topological polar surface area (TPSA) is 59.6 Å². The number of carbonyl (C=O) groups excluding carboxylic acids is 1. The molecule has 5 heteroatoms. The Morgan fingerprint density at radius 1 is 1.41 bits per heavy atom. The molecule has 4 unspecified atom stereocenters. The van der Waals surface area contributed by atoms with Crippen LogP contribution in [0.15, 0.2) is 0 Å². The summed E-state index contributed by atoms with van der Waals surface area (Å²) < 4.78 is 10.7. The van der Waals surface area contributed by atoms with Gasteiger partial charge in [-0.15, -0.1) is 0 Å². The predicted octanol–water partition coefficient (Wildman–Crippen LogP) is 0.0470. The minimum Gasteiger partial charge on any atom is -0.461 e. The summed E-state index contributed by atoms with van der Waals surface area (Å²) in [6.07, 6.45) is 1.54. The lowest BCUT2D eigenvalue weighted by molar-refractivity contribution is -0.140. The van der Waals surface area contributed by atoms with Gasteiger partial charge in [-0.05, 0) is 13.3 Å². The van der Waals surface area contributed by atoms with E-state index in [1.54, 1.807) is 0 Å². The lowest BCUT2D eigenvalue weighted by atomic mass is 10.1. The summed E-state index contributed by atoms with van der Waals surface area (Å²) in [6.45, 7) is 6.45. The van der Waals surface area contributed by atoms with Crippen molar-refractivity contribution in [1.29, 1.82) is 0 Å². The molecule has 2 saturated heterocycles. The van der Waals surface area contributed by atoms with Gasteiger partial charge in [0.05, 0.1) is 25.7 Å². The van der Waals surface area contributed by atoms with Gasteiger partial charge in [0.15, 0.2) is 0 Å². The number of carbonyl (C=O) groups is 1. The van der Waals surface area contributed by atoms with Crippen molar-refractivity contribution in [3.05, 3.63) is 0 Å². The van der Waals surface area contributed by atoms with Gasteiger partial charge in [0.1, 0.15) is 6.10 Å². The molecule has 2 rings (SSSR count). The van der Waals surface area contributed by atoms with Gasteiger partial charge in [-0.25, -0.2) is 0 Å². The van der Waals surface area contributed by atoms with Crippen LogP contribution in [0, 0.1) is 0 Å². The van der Waals surface area contributed by atoms with Crippen molar-refractivity contribution in [1.82, 2.24) is 10.6 Å². The van der Waals surface area contributed by atoms with Crippen molar-refractivity contribution in [2.24, 2.45) is 0 Å². The van der Waals surface area contributed by atoms with Gasteiger partial charge in [-0.1, -0.05) is 6.92 Å². The molecule has 2 aliphatic heterocycles. The number of morpholine rings is 1. The highest BCUT2D eigenvalue weighted by molar-refractivity contribution is 5.72. The Morgan fingerprint density at radius 3 is 2.82 bits per heavy atom. The van der Waals surface area contributed by atoms with Crippen LogP contribution in [-0.2, 0) is 14.3 Å². The van der Waals surface area contributed by atoms with E-state index in [1.165, 1.54) is 0 Å². The summed E-state index contributed by atoms with van der Waals surface area (Å²) in [6, 6.07) is 0.928. The fraction of sp³-hybridized carbons (Fsp3) is 0.917.